The second kappa shape index (κ2) is 8.01. The molecule has 1 aromatic heterocycles. The van der Waals surface area contributed by atoms with Gasteiger partial charge < -0.3 is 19.5 Å². The van der Waals surface area contributed by atoms with E-state index in [1.165, 1.54) is 0 Å². The average molecular weight is 379 g/mol. The minimum Gasteiger partial charge on any atom is -0.496 e. The summed E-state index contributed by atoms with van der Waals surface area (Å²) in [5, 5.41) is 7.62. The van der Waals surface area contributed by atoms with Crippen LogP contribution in [0.3, 0.4) is 0 Å². The maximum atomic E-state index is 12.1. The summed E-state index contributed by atoms with van der Waals surface area (Å²) in [5.41, 5.74) is 0.640. The van der Waals surface area contributed by atoms with E-state index in [1.807, 2.05) is 63.7 Å². The smallest absolute Gasteiger partial charge is 0.275 e. The molecular formula is C18H28N5O2S+. The molecule has 1 amide bonds. The van der Waals surface area contributed by atoms with Gasteiger partial charge in [-0.15, -0.1) is 5.10 Å². The van der Waals surface area contributed by atoms with E-state index < -0.39 is 0 Å². The van der Waals surface area contributed by atoms with E-state index >= 15 is 0 Å². The molecule has 0 saturated carbocycles. The zero-order valence-corrected chi connectivity index (χ0v) is 17.1. The fraction of sp³-hybridized carbons (Fsp3) is 0.500. The Morgan fingerprint density at radius 1 is 1.35 bits per heavy atom. The van der Waals surface area contributed by atoms with E-state index in [-0.39, 0.29) is 11.4 Å². The number of rotatable bonds is 6. The molecule has 26 heavy (non-hydrogen) atoms. The number of aromatic nitrogens is 3. The molecule has 142 valence electrons. The number of quaternary nitrogens is 1. The van der Waals surface area contributed by atoms with Crippen molar-refractivity contribution in [2.75, 3.05) is 20.7 Å². The topological polar surface area (TPSA) is 65.5 Å². The van der Waals surface area contributed by atoms with Crippen molar-refractivity contribution in [3.8, 4) is 17.1 Å². The van der Waals surface area contributed by atoms with Gasteiger partial charge in [0.25, 0.3) is 5.91 Å². The summed E-state index contributed by atoms with van der Waals surface area (Å²) in [6, 6.07) is 7.70. The van der Waals surface area contributed by atoms with Crippen LogP contribution in [0, 0.1) is 4.77 Å². The fourth-order valence-electron chi connectivity index (χ4n) is 2.70. The number of carbonyl (C=O) groups excluding carboxylic acids is 1. The number of benzene rings is 1. The SMILES string of the molecule is COc1ccccc1-c1nn(C[NH+](C)CC(=O)NC(C)(C)C)c(=S)n1C. The van der Waals surface area contributed by atoms with Gasteiger partial charge in [-0.25, -0.2) is 0 Å². The van der Waals surface area contributed by atoms with Gasteiger partial charge in [0.1, 0.15) is 5.75 Å². The molecule has 8 heteroatoms. The van der Waals surface area contributed by atoms with Crippen LogP contribution in [0.5, 0.6) is 5.75 Å². The summed E-state index contributed by atoms with van der Waals surface area (Å²) in [4.78, 5) is 13.1. The van der Waals surface area contributed by atoms with E-state index in [9.17, 15) is 4.79 Å². The Kier molecular flexibility index (Phi) is 6.20. The number of nitrogens with one attached hydrogen (secondary N) is 2. The Balaban J connectivity index is 2.19. The molecule has 0 fully saturated rings. The third kappa shape index (κ3) is 4.92. The number of likely N-dealkylation sites (N-methyl/N-ethyl adjacent to an activating group) is 1. The molecule has 1 atom stereocenters. The van der Waals surface area contributed by atoms with Crippen molar-refractivity contribution in [1.82, 2.24) is 19.7 Å². The lowest BCUT2D eigenvalue weighted by Crippen LogP contribution is -3.09. The van der Waals surface area contributed by atoms with Crippen molar-refractivity contribution in [3.63, 3.8) is 0 Å². The van der Waals surface area contributed by atoms with Crippen LogP contribution in [0.2, 0.25) is 0 Å². The molecule has 0 aliphatic carbocycles. The minimum absolute atomic E-state index is 0.00222. The summed E-state index contributed by atoms with van der Waals surface area (Å²) >= 11 is 5.52. The van der Waals surface area contributed by atoms with Gasteiger partial charge in [-0.1, -0.05) is 12.1 Å². The number of amides is 1. The number of ether oxygens (including phenoxy) is 1. The highest BCUT2D eigenvalue weighted by molar-refractivity contribution is 7.71. The lowest BCUT2D eigenvalue weighted by atomic mass is 10.1. The van der Waals surface area contributed by atoms with E-state index in [1.54, 1.807) is 11.8 Å². The number of nitrogens with zero attached hydrogens (tertiary/aromatic N) is 3. The largest absolute Gasteiger partial charge is 0.496 e. The van der Waals surface area contributed by atoms with Crippen LogP contribution < -0.4 is 15.0 Å². The molecule has 2 rings (SSSR count). The predicted molar refractivity (Wildman–Crippen MR) is 104 cm³/mol. The molecule has 2 N–H and O–H groups in total. The predicted octanol–water partition coefficient (Wildman–Crippen LogP) is 1.01. The molecule has 0 radical (unpaired) electrons. The van der Waals surface area contributed by atoms with Crippen molar-refractivity contribution >= 4 is 18.1 Å². The molecule has 0 aliphatic rings. The molecule has 0 spiro atoms. The molecule has 2 aromatic rings. The molecule has 1 heterocycles. The van der Waals surface area contributed by atoms with Gasteiger partial charge in [0, 0.05) is 12.6 Å². The van der Waals surface area contributed by atoms with Crippen molar-refractivity contribution in [1.29, 1.82) is 0 Å². The maximum Gasteiger partial charge on any atom is 0.275 e. The Morgan fingerprint density at radius 3 is 2.62 bits per heavy atom. The van der Waals surface area contributed by atoms with Crippen LogP contribution >= 0.6 is 12.2 Å². The molecule has 0 saturated heterocycles. The standard InChI is InChI=1S/C18H27N5O2S/c1-18(2,3)19-15(24)11-21(4)12-23-17(26)22(5)16(20-23)13-9-7-8-10-14(13)25-6/h7-10H,11-12H2,1-6H3,(H,19,24)/p+1. The first kappa shape index (κ1) is 20.1. The van der Waals surface area contributed by atoms with Gasteiger partial charge in [0.05, 0.1) is 19.7 Å². The van der Waals surface area contributed by atoms with Crippen LogP contribution in [-0.4, -0.2) is 46.5 Å². The Hall–Kier alpha value is -2.19. The number of carbonyl (C=O) groups is 1. The highest BCUT2D eigenvalue weighted by Crippen LogP contribution is 2.27. The lowest BCUT2D eigenvalue weighted by Gasteiger charge is -2.21. The number of hydrogen-bond donors (Lipinski definition) is 2. The molecule has 1 aromatic carbocycles. The minimum atomic E-state index is -0.240. The van der Waals surface area contributed by atoms with Gasteiger partial charge in [-0.05, 0) is 45.1 Å². The summed E-state index contributed by atoms with van der Waals surface area (Å²) < 4.78 is 9.63. The van der Waals surface area contributed by atoms with Gasteiger partial charge in [-0.3, -0.25) is 4.79 Å². The average Bonchev–Trinajstić information content (AvgIpc) is 2.81. The van der Waals surface area contributed by atoms with Crippen LogP contribution in [0.25, 0.3) is 11.4 Å². The van der Waals surface area contributed by atoms with Gasteiger partial charge in [-0.2, -0.15) is 4.68 Å². The lowest BCUT2D eigenvalue weighted by molar-refractivity contribution is -0.895. The number of para-hydroxylation sites is 1. The molecule has 0 aliphatic heterocycles. The van der Waals surface area contributed by atoms with E-state index in [2.05, 4.69) is 10.4 Å². The first-order chi connectivity index (χ1) is 12.1. The quantitative estimate of drug-likeness (QED) is 0.737. The fourth-order valence-corrected chi connectivity index (χ4v) is 2.89. The Labute approximate surface area is 159 Å². The maximum absolute atomic E-state index is 12.1. The zero-order chi connectivity index (χ0) is 19.5. The van der Waals surface area contributed by atoms with Crippen LogP contribution in [-0.2, 0) is 18.5 Å². The summed E-state index contributed by atoms with van der Waals surface area (Å²) in [6.07, 6.45) is 0. The summed E-state index contributed by atoms with van der Waals surface area (Å²) in [7, 11) is 5.47. The highest BCUT2D eigenvalue weighted by Gasteiger charge is 2.19. The number of hydrogen-bond acceptors (Lipinski definition) is 4. The second-order valence-corrected chi connectivity index (χ2v) is 7.82. The van der Waals surface area contributed by atoms with E-state index in [4.69, 9.17) is 17.0 Å². The summed E-state index contributed by atoms with van der Waals surface area (Å²) in [6.45, 7) is 6.75. The Morgan fingerprint density at radius 2 is 2.00 bits per heavy atom. The summed E-state index contributed by atoms with van der Waals surface area (Å²) in [5.74, 6) is 1.48. The normalized spacial score (nSPS) is 12.7. The highest BCUT2D eigenvalue weighted by atomic mass is 32.1. The van der Waals surface area contributed by atoms with Crippen molar-refractivity contribution < 1.29 is 14.4 Å². The first-order valence-electron chi connectivity index (χ1n) is 8.52. The van der Waals surface area contributed by atoms with Crippen LogP contribution in [0.1, 0.15) is 20.8 Å². The van der Waals surface area contributed by atoms with Crippen molar-refractivity contribution in [3.05, 3.63) is 29.0 Å². The molecule has 1 unspecified atom stereocenters. The zero-order valence-electron chi connectivity index (χ0n) is 16.3. The number of methoxy groups -OCH3 is 1. The van der Waals surface area contributed by atoms with Gasteiger partial charge >= 0.3 is 0 Å². The third-order valence-corrected chi connectivity index (χ3v) is 4.27. The molecule has 0 bridgehead atoms. The first-order valence-corrected chi connectivity index (χ1v) is 8.92. The van der Waals surface area contributed by atoms with E-state index in [0.717, 1.165) is 22.0 Å². The van der Waals surface area contributed by atoms with Gasteiger partial charge in [0.2, 0.25) is 4.77 Å². The van der Waals surface area contributed by atoms with E-state index in [0.29, 0.717) is 18.0 Å². The Bertz CT molecular complexity index is 835. The van der Waals surface area contributed by atoms with Crippen molar-refractivity contribution in [2.45, 2.75) is 33.0 Å². The van der Waals surface area contributed by atoms with Crippen molar-refractivity contribution in [2.24, 2.45) is 7.05 Å². The monoisotopic (exact) mass is 378 g/mol. The van der Waals surface area contributed by atoms with Crippen LogP contribution in [0.15, 0.2) is 24.3 Å². The van der Waals surface area contributed by atoms with Crippen LogP contribution in [0.4, 0.5) is 0 Å². The molecule has 7 nitrogen and oxygen atoms in total. The molecular weight excluding hydrogens is 350 g/mol. The van der Waals surface area contributed by atoms with Gasteiger partial charge in [0.15, 0.2) is 19.0 Å². The third-order valence-electron chi connectivity index (χ3n) is 3.79. The second-order valence-electron chi connectivity index (χ2n) is 7.46.